The molecule has 0 atom stereocenters. The molecule has 16 heavy (non-hydrogen) atoms. The molecular formula is C13H15N3. The van der Waals surface area contributed by atoms with Gasteiger partial charge in [-0.2, -0.15) is 0 Å². The zero-order valence-corrected chi connectivity index (χ0v) is 9.78. The molecule has 0 aliphatic carbocycles. The van der Waals surface area contributed by atoms with Crippen LogP contribution in [-0.4, -0.2) is 9.97 Å². The maximum atomic E-state index is 5.59. The van der Waals surface area contributed by atoms with Crippen LogP contribution in [0.1, 0.15) is 16.7 Å². The Kier molecular flexibility index (Phi) is 2.60. The molecule has 82 valence electrons. The average Bonchev–Trinajstić information content (AvgIpc) is 2.23. The lowest BCUT2D eigenvalue weighted by Gasteiger charge is -2.09. The summed E-state index contributed by atoms with van der Waals surface area (Å²) in [6, 6.07) is 6.20. The number of nitrogens with zero attached hydrogens (tertiary/aromatic N) is 2. The molecule has 0 aliphatic rings. The third-order valence-corrected chi connectivity index (χ3v) is 2.79. The van der Waals surface area contributed by atoms with Crippen molar-refractivity contribution in [1.82, 2.24) is 9.97 Å². The second kappa shape index (κ2) is 3.93. The first kappa shape index (κ1) is 10.6. The van der Waals surface area contributed by atoms with Gasteiger partial charge in [-0.05, 0) is 49.6 Å². The van der Waals surface area contributed by atoms with Crippen molar-refractivity contribution in [1.29, 1.82) is 0 Å². The van der Waals surface area contributed by atoms with E-state index in [-0.39, 0.29) is 0 Å². The SMILES string of the molecule is Cc1cc(C)c(-c2ccnc(N)n2)cc1C. The molecule has 0 amide bonds. The van der Waals surface area contributed by atoms with Gasteiger partial charge in [0.2, 0.25) is 5.95 Å². The summed E-state index contributed by atoms with van der Waals surface area (Å²) < 4.78 is 0. The molecular weight excluding hydrogens is 198 g/mol. The predicted molar refractivity (Wildman–Crippen MR) is 66.1 cm³/mol. The molecule has 0 saturated carbocycles. The van der Waals surface area contributed by atoms with Crippen molar-refractivity contribution in [2.24, 2.45) is 0 Å². The number of hydrogen-bond acceptors (Lipinski definition) is 3. The van der Waals surface area contributed by atoms with Crippen LogP contribution in [0, 0.1) is 20.8 Å². The van der Waals surface area contributed by atoms with Crippen molar-refractivity contribution < 1.29 is 0 Å². The van der Waals surface area contributed by atoms with Crippen molar-refractivity contribution in [2.45, 2.75) is 20.8 Å². The van der Waals surface area contributed by atoms with E-state index in [9.17, 15) is 0 Å². The van der Waals surface area contributed by atoms with Crippen molar-refractivity contribution in [3.63, 3.8) is 0 Å². The van der Waals surface area contributed by atoms with E-state index in [2.05, 4.69) is 42.9 Å². The molecule has 1 aromatic heterocycles. The minimum absolute atomic E-state index is 0.315. The first-order chi connectivity index (χ1) is 7.58. The smallest absolute Gasteiger partial charge is 0.220 e. The normalized spacial score (nSPS) is 10.4. The van der Waals surface area contributed by atoms with Crippen molar-refractivity contribution in [3.8, 4) is 11.3 Å². The van der Waals surface area contributed by atoms with Crippen molar-refractivity contribution in [3.05, 3.63) is 41.1 Å². The summed E-state index contributed by atoms with van der Waals surface area (Å²) >= 11 is 0. The van der Waals surface area contributed by atoms with Gasteiger partial charge >= 0.3 is 0 Å². The first-order valence-electron chi connectivity index (χ1n) is 5.24. The summed E-state index contributed by atoms with van der Waals surface area (Å²) in [6.45, 7) is 6.29. The second-order valence-corrected chi connectivity index (χ2v) is 4.05. The summed E-state index contributed by atoms with van der Waals surface area (Å²) in [7, 11) is 0. The summed E-state index contributed by atoms with van der Waals surface area (Å²) in [5, 5.41) is 0. The standard InChI is InChI=1S/C13H15N3/c1-8-6-10(3)11(7-9(8)2)12-4-5-15-13(14)16-12/h4-7H,1-3H3,(H2,14,15,16). The number of benzene rings is 1. The zero-order valence-electron chi connectivity index (χ0n) is 9.78. The fraction of sp³-hybridized carbons (Fsp3) is 0.231. The Labute approximate surface area is 95.4 Å². The molecule has 2 aromatic rings. The maximum absolute atomic E-state index is 5.59. The number of anilines is 1. The summed E-state index contributed by atoms with van der Waals surface area (Å²) in [4.78, 5) is 8.14. The van der Waals surface area contributed by atoms with Crippen LogP contribution in [0.5, 0.6) is 0 Å². The minimum Gasteiger partial charge on any atom is -0.368 e. The van der Waals surface area contributed by atoms with Crippen molar-refractivity contribution in [2.75, 3.05) is 5.73 Å². The molecule has 0 spiro atoms. The number of rotatable bonds is 1. The lowest BCUT2D eigenvalue weighted by Crippen LogP contribution is -1.97. The fourth-order valence-corrected chi connectivity index (χ4v) is 1.76. The van der Waals surface area contributed by atoms with Gasteiger partial charge in [0.25, 0.3) is 0 Å². The van der Waals surface area contributed by atoms with Crippen LogP contribution >= 0.6 is 0 Å². The van der Waals surface area contributed by atoms with Crippen LogP contribution in [0.15, 0.2) is 24.4 Å². The van der Waals surface area contributed by atoms with Gasteiger partial charge < -0.3 is 5.73 Å². The van der Waals surface area contributed by atoms with Gasteiger partial charge in [0.1, 0.15) is 0 Å². The predicted octanol–water partition coefficient (Wildman–Crippen LogP) is 2.65. The van der Waals surface area contributed by atoms with Crippen LogP contribution in [0.3, 0.4) is 0 Å². The van der Waals surface area contributed by atoms with Gasteiger partial charge in [0.15, 0.2) is 0 Å². The van der Waals surface area contributed by atoms with Crippen LogP contribution < -0.4 is 5.73 Å². The molecule has 0 radical (unpaired) electrons. The lowest BCUT2D eigenvalue weighted by atomic mass is 9.99. The third-order valence-electron chi connectivity index (χ3n) is 2.79. The largest absolute Gasteiger partial charge is 0.368 e. The molecule has 1 aromatic carbocycles. The van der Waals surface area contributed by atoms with Crippen LogP contribution in [0.2, 0.25) is 0 Å². The number of aryl methyl sites for hydroxylation is 3. The van der Waals surface area contributed by atoms with Gasteiger partial charge in [-0.25, -0.2) is 9.97 Å². The van der Waals surface area contributed by atoms with E-state index < -0.39 is 0 Å². The van der Waals surface area contributed by atoms with E-state index in [4.69, 9.17) is 5.73 Å². The molecule has 2 N–H and O–H groups in total. The highest BCUT2D eigenvalue weighted by molar-refractivity contribution is 5.65. The van der Waals surface area contributed by atoms with Gasteiger partial charge in [0.05, 0.1) is 5.69 Å². The highest BCUT2D eigenvalue weighted by atomic mass is 15.0. The Morgan fingerprint density at radius 1 is 1.00 bits per heavy atom. The number of nitrogens with two attached hydrogens (primary N) is 1. The quantitative estimate of drug-likeness (QED) is 0.792. The molecule has 3 heteroatoms. The second-order valence-electron chi connectivity index (χ2n) is 4.05. The van der Waals surface area contributed by atoms with Crippen LogP contribution in [0.25, 0.3) is 11.3 Å². The topological polar surface area (TPSA) is 51.8 Å². The summed E-state index contributed by atoms with van der Waals surface area (Å²) in [6.07, 6.45) is 1.69. The van der Waals surface area contributed by atoms with Gasteiger partial charge in [-0.15, -0.1) is 0 Å². The maximum Gasteiger partial charge on any atom is 0.220 e. The summed E-state index contributed by atoms with van der Waals surface area (Å²) in [5.41, 5.74) is 11.4. The molecule has 3 nitrogen and oxygen atoms in total. The Morgan fingerprint density at radius 3 is 2.38 bits per heavy atom. The fourth-order valence-electron chi connectivity index (χ4n) is 1.76. The van der Waals surface area contributed by atoms with E-state index in [1.807, 2.05) is 6.07 Å². The monoisotopic (exact) mass is 213 g/mol. The van der Waals surface area contributed by atoms with E-state index in [1.54, 1.807) is 6.20 Å². The Morgan fingerprint density at radius 2 is 1.69 bits per heavy atom. The Bertz CT molecular complexity index is 533. The summed E-state index contributed by atoms with van der Waals surface area (Å²) in [5.74, 6) is 0.315. The van der Waals surface area contributed by atoms with Crippen molar-refractivity contribution >= 4 is 5.95 Å². The van der Waals surface area contributed by atoms with E-state index in [1.165, 1.54) is 16.7 Å². The number of hydrogen-bond donors (Lipinski definition) is 1. The molecule has 0 aliphatic heterocycles. The third kappa shape index (κ3) is 1.89. The highest BCUT2D eigenvalue weighted by Crippen LogP contribution is 2.24. The van der Waals surface area contributed by atoms with Crippen LogP contribution in [0.4, 0.5) is 5.95 Å². The van der Waals surface area contributed by atoms with E-state index in [0.717, 1.165) is 11.3 Å². The number of aromatic nitrogens is 2. The number of nitrogen functional groups attached to an aromatic ring is 1. The Balaban J connectivity index is 2.60. The first-order valence-corrected chi connectivity index (χ1v) is 5.24. The molecule has 0 bridgehead atoms. The average molecular weight is 213 g/mol. The molecule has 0 saturated heterocycles. The highest BCUT2D eigenvalue weighted by Gasteiger charge is 2.06. The molecule has 0 unspecified atom stereocenters. The molecule has 2 rings (SSSR count). The van der Waals surface area contributed by atoms with Gasteiger partial charge in [-0.1, -0.05) is 6.07 Å². The minimum atomic E-state index is 0.315. The van der Waals surface area contributed by atoms with Gasteiger partial charge in [0, 0.05) is 11.8 Å². The van der Waals surface area contributed by atoms with Crippen LogP contribution in [-0.2, 0) is 0 Å². The lowest BCUT2D eigenvalue weighted by molar-refractivity contribution is 1.18. The Hall–Kier alpha value is -1.90. The zero-order chi connectivity index (χ0) is 11.7. The van der Waals surface area contributed by atoms with E-state index >= 15 is 0 Å². The van der Waals surface area contributed by atoms with Gasteiger partial charge in [-0.3, -0.25) is 0 Å². The molecule has 1 heterocycles. The molecule has 0 fully saturated rings. The van der Waals surface area contributed by atoms with E-state index in [0.29, 0.717) is 5.95 Å².